The second-order valence-electron chi connectivity index (χ2n) is 7.00. The Morgan fingerprint density at radius 3 is 2.80 bits per heavy atom. The van der Waals surface area contributed by atoms with Gasteiger partial charge in [-0.3, -0.25) is 9.67 Å². The summed E-state index contributed by atoms with van der Waals surface area (Å²) in [5, 5.41) is 11.8. The zero-order chi connectivity index (χ0) is 20.8. The number of hydrogen-bond acceptors (Lipinski definition) is 8. The summed E-state index contributed by atoms with van der Waals surface area (Å²) in [7, 11) is 1.87. The van der Waals surface area contributed by atoms with E-state index in [2.05, 4.69) is 35.7 Å². The number of oxazole rings is 1. The minimum absolute atomic E-state index is 0.434. The van der Waals surface area contributed by atoms with E-state index < -0.39 is 5.76 Å². The zero-order valence-corrected chi connectivity index (χ0v) is 16.5. The van der Waals surface area contributed by atoms with Gasteiger partial charge in [-0.2, -0.15) is 10.1 Å². The Morgan fingerprint density at radius 2 is 1.93 bits per heavy atom. The van der Waals surface area contributed by atoms with Gasteiger partial charge in [-0.25, -0.2) is 14.8 Å². The molecule has 0 saturated heterocycles. The van der Waals surface area contributed by atoms with Crippen molar-refractivity contribution in [1.82, 2.24) is 29.7 Å². The number of aromatic amines is 1. The molecule has 0 amide bonds. The van der Waals surface area contributed by atoms with E-state index in [1.54, 1.807) is 29.2 Å². The Labute approximate surface area is 170 Å². The van der Waals surface area contributed by atoms with Gasteiger partial charge in [0.1, 0.15) is 5.82 Å². The number of benzene rings is 1. The number of nitrogens with one attached hydrogen (secondary N) is 3. The Kier molecular flexibility index (Phi) is 3.98. The highest BCUT2D eigenvalue weighted by molar-refractivity contribution is 5.82. The second-order valence-corrected chi connectivity index (χ2v) is 7.00. The van der Waals surface area contributed by atoms with Crippen molar-refractivity contribution >= 4 is 45.3 Å². The molecule has 0 aliphatic rings. The maximum atomic E-state index is 11.4. The van der Waals surface area contributed by atoms with E-state index in [-0.39, 0.29) is 0 Å². The highest BCUT2D eigenvalue weighted by Gasteiger charge is 2.10. The van der Waals surface area contributed by atoms with Gasteiger partial charge in [0.05, 0.1) is 23.1 Å². The molecule has 150 valence electrons. The third-order valence-electron chi connectivity index (χ3n) is 4.77. The van der Waals surface area contributed by atoms with Crippen molar-refractivity contribution in [2.75, 3.05) is 10.6 Å². The van der Waals surface area contributed by atoms with E-state index in [0.717, 1.165) is 33.7 Å². The lowest BCUT2D eigenvalue weighted by Gasteiger charge is -2.11. The first-order valence-corrected chi connectivity index (χ1v) is 9.26. The number of nitrogens with zero attached hydrogens (tertiary/aromatic N) is 5. The topological polar surface area (TPSA) is 127 Å². The molecule has 4 heterocycles. The molecule has 3 N–H and O–H groups in total. The molecule has 0 saturated carbocycles. The first-order chi connectivity index (χ1) is 14.5. The first-order valence-electron chi connectivity index (χ1n) is 9.26. The minimum Gasteiger partial charge on any atom is -0.408 e. The van der Waals surface area contributed by atoms with Gasteiger partial charge < -0.3 is 15.1 Å². The van der Waals surface area contributed by atoms with Crippen LogP contribution in [-0.2, 0) is 7.05 Å². The lowest BCUT2D eigenvalue weighted by Crippen LogP contribution is -2.03. The van der Waals surface area contributed by atoms with Crippen LogP contribution >= 0.6 is 0 Å². The largest absolute Gasteiger partial charge is 0.417 e. The molecule has 5 aromatic rings. The highest BCUT2D eigenvalue weighted by Crippen LogP contribution is 2.24. The van der Waals surface area contributed by atoms with Crippen molar-refractivity contribution in [1.29, 1.82) is 0 Å². The zero-order valence-electron chi connectivity index (χ0n) is 16.5. The highest BCUT2D eigenvalue weighted by atomic mass is 16.4. The van der Waals surface area contributed by atoms with Gasteiger partial charge in [0.15, 0.2) is 11.2 Å². The SMILES string of the molecule is Cc1cnc(Nc2cnc3c(c2)c(C)nn3C)nc1Nc1ccc2oc(=O)[nH]c2c1. The van der Waals surface area contributed by atoms with Crippen LogP contribution in [0, 0.1) is 13.8 Å². The lowest BCUT2D eigenvalue weighted by molar-refractivity contribution is 0.555. The van der Waals surface area contributed by atoms with E-state index >= 15 is 0 Å². The Morgan fingerprint density at radius 1 is 1.07 bits per heavy atom. The van der Waals surface area contributed by atoms with Gasteiger partial charge in [0.25, 0.3) is 0 Å². The number of rotatable bonds is 4. The number of aryl methyl sites for hydroxylation is 3. The van der Waals surface area contributed by atoms with Crippen LogP contribution in [-0.4, -0.2) is 29.7 Å². The van der Waals surface area contributed by atoms with E-state index in [0.29, 0.717) is 22.9 Å². The summed E-state index contributed by atoms with van der Waals surface area (Å²) in [4.78, 5) is 27.4. The number of anilines is 4. The fraction of sp³-hybridized carbons (Fsp3) is 0.150. The molecule has 0 radical (unpaired) electrons. The molecule has 0 atom stereocenters. The molecule has 10 nitrogen and oxygen atoms in total. The Balaban J connectivity index is 1.44. The maximum Gasteiger partial charge on any atom is 0.417 e. The van der Waals surface area contributed by atoms with Gasteiger partial charge in [0.2, 0.25) is 5.95 Å². The first kappa shape index (κ1) is 17.9. The molecule has 1 aromatic carbocycles. The summed E-state index contributed by atoms with van der Waals surface area (Å²) in [6, 6.07) is 7.31. The molecular formula is C20H18N8O2. The van der Waals surface area contributed by atoms with Gasteiger partial charge >= 0.3 is 5.76 Å². The van der Waals surface area contributed by atoms with Gasteiger partial charge in [-0.05, 0) is 38.1 Å². The average molecular weight is 402 g/mol. The summed E-state index contributed by atoms with van der Waals surface area (Å²) in [5.41, 5.74) is 5.24. The second kappa shape index (κ2) is 6.69. The molecule has 30 heavy (non-hydrogen) atoms. The average Bonchev–Trinajstić information content (AvgIpc) is 3.22. The van der Waals surface area contributed by atoms with Crippen molar-refractivity contribution < 1.29 is 4.42 Å². The van der Waals surface area contributed by atoms with Crippen molar-refractivity contribution in [2.45, 2.75) is 13.8 Å². The number of H-pyrrole nitrogens is 1. The number of hydrogen-bond donors (Lipinski definition) is 3. The number of pyridine rings is 1. The van der Waals surface area contributed by atoms with E-state index in [1.807, 2.05) is 33.0 Å². The standard InChI is InChI=1S/C20H18N8O2/c1-10-8-22-19(24-13-6-14-11(2)27-28(3)18(14)21-9-13)26-17(10)23-12-4-5-16-15(7-12)25-20(29)30-16/h4-9H,1-3H3,(H,25,29)(H2,22,23,24,26). The molecule has 10 heteroatoms. The quantitative estimate of drug-likeness (QED) is 0.418. The fourth-order valence-corrected chi connectivity index (χ4v) is 3.30. The molecule has 0 bridgehead atoms. The maximum absolute atomic E-state index is 11.4. The molecule has 5 rings (SSSR count). The molecule has 0 aliphatic carbocycles. The molecule has 0 unspecified atom stereocenters. The minimum atomic E-state index is -0.485. The number of fused-ring (bicyclic) bond motifs is 2. The Bertz CT molecular complexity index is 1460. The Hall–Kier alpha value is -4.21. The summed E-state index contributed by atoms with van der Waals surface area (Å²) in [6.07, 6.45) is 3.46. The third kappa shape index (κ3) is 3.13. The van der Waals surface area contributed by atoms with E-state index in [4.69, 9.17) is 4.42 Å². The van der Waals surface area contributed by atoms with Crippen molar-refractivity contribution in [2.24, 2.45) is 7.05 Å². The van der Waals surface area contributed by atoms with Gasteiger partial charge in [-0.1, -0.05) is 0 Å². The monoisotopic (exact) mass is 402 g/mol. The third-order valence-corrected chi connectivity index (χ3v) is 4.77. The van der Waals surface area contributed by atoms with Crippen molar-refractivity contribution in [3.63, 3.8) is 0 Å². The van der Waals surface area contributed by atoms with Crippen molar-refractivity contribution in [3.05, 3.63) is 58.5 Å². The van der Waals surface area contributed by atoms with Crippen molar-refractivity contribution in [3.8, 4) is 0 Å². The van der Waals surface area contributed by atoms with Crippen LogP contribution in [0.4, 0.5) is 23.1 Å². The fourth-order valence-electron chi connectivity index (χ4n) is 3.30. The lowest BCUT2D eigenvalue weighted by atomic mass is 10.2. The normalized spacial score (nSPS) is 11.3. The van der Waals surface area contributed by atoms with E-state index in [9.17, 15) is 4.79 Å². The predicted molar refractivity (Wildman–Crippen MR) is 113 cm³/mol. The van der Waals surface area contributed by atoms with Gasteiger partial charge in [0, 0.05) is 29.9 Å². The number of aromatic nitrogens is 6. The van der Waals surface area contributed by atoms with Crippen LogP contribution in [0.15, 0.2) is 45.9 Å². The van der Waals surface area contributed by atoms with Crippen LogP contribution in [0.5, 0.6) is 0 Å². The molecular weight excluding hydrogens is 384 g/mol. The van der Waals surface area contributed by atoms with E-state index in [1.165, 1.54) is 0 Å². The molecule has 0 aliphatic heterocycles. The summed E-state index contributed by atoms with van der Waals surface area (Å²) < 4.78 is 6.79. The summed E-state index contributed by atoms with van der Waals surface area (Å²) in [6.45, 7) is 3.86. The van der Waals surface area contributed by atoms with Gasteiger partial charge in [-0.15, -0.1) is 0 Å². The molecule has 0 fully saturated rings. The molecule has 4 aromatic heterocycles. The van der Waals surface area contributed by atoms with Crippen LogP contribution in [0.3, 0.4) is 0 Å². The predicted octanol–water partition coefficient (Wildman–Crippen LogP) is 3.30. The molecule has 0 spiro atoms. The summed E-state index contributed by atoms with van der Waals surface area (Å²) >= 11 is 0. The van der Waals surface area contributed by atoms with Crippen LogP contribution in [0.2, 0.25) is 0 Å². The summed E-state index contributed by atoms with van der Waals surface area (Å²) in [5.74, 6) is 0.592. The van der Waals surface area contributed by atoms with Crippen LogP contribution in [0.1, 0.15) is 11.3 Å². The van der Waals surface area contributed by atoms with Crippen LogP contribution < -0.4 is 16.4 Å². The van der Waals surface area contributed by atoms with Crippen LogP contribution in [0.25, 0.3) is 22.1 Å². The smallest absolute Gasteiger partial charge is 0.408 e.